The molecular weight excluding hydrogens is 254 g/mol. The van der Waals surface area contributed by atoms with Gasteiger partial charge in [0.05, 0.1) is 5.56 Å². The molecule has 104 valence electrons. The number of thiophene rings is 1. The minimum Gasteiger partial charge on any atom is -0.349 e. The van der Waals surface area contributed by atoms with Gasteiger partial charge in [-0.05, 0) is 62.8 Å². The van der Waals surface area contributed by atoms with E-state index in [1.54, 1.807) is 11.3 Å². The van der Waals surface area contributed by atoms with Crippen LogP contribution >= 0.6 is 11.3 Å². The van der Waals surface area contributed by atoms with Gasteiger partial charge in [0.15, 0.2) is 0 Å². The molecule has 1 amide bonds. The highest BCUT2D eigenvalue weighted by Crippen LogP contribution is 2.30. The molecule has 2 aliphatic carbocycles. The van der Waals surface area contributed by atoms with E-state index in [4.69, 9.17) is 0 Å². The molecule has 3 rings (SSSR count). The first-order valence-corrected chi connectivity index (χ1v) is 8.52. The maximum atomic E-state index is 12.4. The summed E-state index contributed by atoms with van der Waals surface area (Å²) >= 11 is 1.78. The van der Waals surface area contributed by atoms with Crippen molar-refractivity contribution in [1.82, 2.24) is 5.32 Å². The van der Waals surface area contributed by atoms with Gasteiger partial charge in [0.25, 0.3) is 5.91 Å². The van der Waals surface area contributed by atoms with Crippen LogP contribution < -0.4 is 5.32 Å². The average Bonchev–Trinajstić information content (AvgIpc) is 2.85. The number of aryl methyl sites for hydroxylation is 1. The third-order valence-corrected chi connectivity index (χ3v) is 5.75. The van der Waals surface area contributed by atoms with Crippen molar-refractivity contribution in [2.45, 2.75) is 64.3 Å². The molecule has 0 atom stereocenters. The largest absolute Gasteiger partial charge is 0.349 e. The molecule has 0 saturated heterocycles. The van der Waals surface area contributed by atoms with E-state index < -0.39 is 0 Å². The SMILES string of the molecule is CC1CCC(NC(=O)c2csc3c2CCCC3)CC1. The lowest BCUT2D eigenvalue weighted by Crippen LogP contribution is -2.37. The van der Waals surface area contributed by atoms with Crippen LogP contribution in [0, 0.1) is 5.92 Å². The molecule has 0 radical (unpaired) electrons. The lowest BCUT2D eigenvalue weighted by Gasteiger charge is -2.27. The first-order chi connectivity index (χ1) is 9.24. The Morgan fingerprint density at radius 3 is 2.74 bits per heavy atom. The lowest BCUT2D eigenvalue weighted by molar-refractivity contribution is 0.0922. The van der Waals surface area contributed by atoms with Gasteiger partial charge in [0.1, 0.15) is 0 Å². The van der Waals surface area contributed by atoms with Crippen molar-refractivity contribution in [2.75, 3.05) is 0 Å². The van der Waals surface area contributed by atoms with Gasteiger partial charge >= 0.3 is 0 Å². The average molecular weight is 277 g/mol. The molecule has 1 aromatic heterocycles. The molecule has 2 nitrogen and oxygen atoms in total. The Bertz CT molecular complexity index is 457. The van der Waals surface area contributed by atoms with Gasteiger partial charge in [0.2, 0.25) is 0 Å². The summed E-state index contributed by atoms with van der Waals surface area (Å²) in [6, 6.07) is 0.405. The van der Waals surface area contributed by atoms with E-state index >= 15 is 0 Å². The highest BCUT2D eigenvalue weighted by atomic mass is 32.1. The monoisotopic (exact) mass is 277 g/mol. The second kappa shape index (κ2) is 5.66. The van der Waals surface area contributed by atoms with Crippen LogP contribution in [0.2, 0.25) is 0 Å². The molecule has 19 heavy (non-hydrogen) atoms. The van der Waals surface area contributed by atoms with Crippen LogP contribution in [0.1, 0.15) is 66.2 Å². The minimum atomic E-state index is 0.180. The zero-order valence-corrected chi connectivity index (χ0v) is 12.5. The third kappa shape index (κ3) is 2.86. The topological polar surface area (TPSA) is 29.1 Å². The summed E-state index contributed by atoms with van der Waals surface area (Å²) in [5.74, 6) is 1.01. The van der Waals surface area contributed by atoms with Crippen LogP contribution in [-0.2, 0) is 12.8 Å². The standard InChI is InChI=1S/C16H23NOS/c1-11-6-8-12(9-7-11)17-16(18)14-10-19-15-5-3-2-4-13(14)15/h10-12H,2-9H2,1H3,(H,17,18). The van der Waals surface area contributed by atoms with Crippen LogP contribution in [-0.4, -0.2) is 11.9 Å². The molecule has 0 unspecified atom stereocenters. The summed E-state index contributed by atoms with van der Waals surface area (Å²) in [6.45, 7) is 2.31. The number of rotatable bonds is 2. The van der Waals surface area contributed by atoms with Crippen LogP contribution in [0.25, 0.3) is 0 Å². The predicted molar refractivity (Wildman–Crippen MR) is 79.8 cm³/mol. The molecule has 1 N–H and O–H groups in total. The second-order valence-electron chi connectivity index (χ2n) is 6.19. The molecule has 0 spiro atoms. The van der Waals surface area contributed by atoms with Gasteiger partial charge in [-0.1, -0.05) is 6.92 Å². The molecule has 1 heterocycles. The Morgan fingerprint density at radius 1 is 1.21 bits per heavy atom. The van der Waals surface area contributed by atoms with Gasteiger partial charge in [-0.2, -0.15) is 0 Å². The van der Waals surface area contributed by atoms with Crippen LogP contribution in [0.4, 0.5) is 0 Å². The van der Waals surface area contributed by atoms with Crippen molar-refractivity contribution in [1.29, 1.82) is 0 Å². The smallest absolute Gasteiger partial charge is 0.252 e. The number of amides is 1. The first kappa shape index (κ1) is 13.2. The predicted octanol–water partition coefficient (Wildman–Crippen LogP) is 3.94. The molecular formula is C16H23NOS. The maximum Gasteiger partial charge on any atom is 0.252 e. The van der Waals surface area contributed by atoms with Gasteiger partial charge < -0.3 is 5.32 Å². The number of nitrogens with one attached hydrogen (secondary N) is 1. The molecule has 1 fully saturated rings. The lowest BCUT2D eigenvalue weighted by atomic mass is 9.87. The zero-order chi connectivity index (χ0) is 13.2. The summed E-state index contributed by atoms with van der Waals surface area (Å²) in [5, 5.41) is 5.34. The van der Waals surface area contributed by atoms with E-state index in [2.05, 4.69) is 17.6 Å². The Balaban J connectivity index is 1.65. The first-order valence-electron chi connectivity index (χ1n) is 7.64. The molecule has 0 bridgehead atoms. The normalized spacial score (nSPS) is 26.8. The number of hydrogen-bond donors (Lipinski definition) is 1. The van der Waals surface area contributed by atoms with Crippen molar-refractivity contribution in [3.8, 4) is 0 Å². The van der Waals surface area contributed by atoms with E-state index in [-0.39, 0.29) is 5.91 Å². The summed E-state index contributed by atoms with van der Waals surface area (Å²) in [5.41, 5.74) is 2.32. The molecule has 2 aliphatic rings. The Kier molecular flexibility index (Phi) is 3.92. The molecule has 1 aromatic rings. The number of carbonyl (C=O) groups excluding carboxylic acids is 1. The van der Waals surface area contributed by atoms with Crippen molar-refractivity contribution in [3.05, 3.63) is 21.4 Å². The number of carbonyl (C=O) groups is 1. The van der Waals surface area contributed by atoms with E-state index in [1.165, 1.54) is 42.5 Å². The fourth-order valence-electron chi connectivity index (χ4n) is 3.35. The second-order valence-corrected chi connectivity index (χ2v) is 7.15. The fourth-order valence-corrected chi connectivity index (χ4v) is 4.48. The Morgan fingerprint density at radius 2 is 1.95 bits per heavy atom. The van der Waals surface area contributed by atoms with Crippen molar-refractivity contribution >= 4 is 17.2 Å². The third-order valence-electron chi connectivity index (χ3n) is 4.66. The summed E-state index contributed by atoms with van der Waals surface area (Å²) in [4.78, 5) is 13.9. The van der Waals surface area contributed by atoms with Crippen LogP contribution in [0.15, 0.2) is 5.38 Å². The molecule has 1 saturated carbocycles. The Labute approximate surface area is 119 Å². The summed E-state index contributed by atoms with van der Waals surface area (Å²) in [7, 11) is 0. The van der Waals surface area contributed by atoms with Gasteiger partial charge in [-0.15, -0.1) is 11.3 Å². The molecule has 0 aromatic carbocycles. The number of fused-ring (bicyclic) bond motifs is 1. The van der Waals surface area contributed by atoms with Gasteiger partial charge in [0, 0.05) is 16.3 Å². The van der Waals surface area contributed by atoms with E-state index in [0.717, 1.165) is 30.7 Å². The maximum absolute atomic E-state index is 12.4. The number of hydrogen-bond acceptors (Lipinski definition) is 2. The highest BCUT2D eigenvalue weighted by Gasteiger charge is 2.24. The van der Waals surface area contributed by atoms with Crippen molar-refractivity contribution < 1.29 is 4.79 Å². The summed E-state index contributed by atoms with van der Waals surface area (Å²) in [6.07, 6.45) is 9.62. The van der Waals surface area contributed by atoms with Crippen molar-refractivity contribution in [2.24, 2.45) is 5.92 Å². The van der Waals surface area contributed by atoms with Gasteiger partial charge in [-0.3, -0.25) is 4.79 Å². The fraction of sp³-hybridized carbons (Fsp3) is 0.688. The quantitative estimate of drug-likeness (QED) is 0.871. The Hall–Kier alpha value is -0.830. The minimum absolute atomic E-state index is 0.180. The molecule has 3 heteroatoms. The zero-order valence-electron chi connectivity index (χ0n) is 11.7. The van der Waals surface area contributed by atoms with E-state index in [1.807, 2.05) is 0 Å². The van der Waals surface area contributed by atoms with E-state index in [0.29, 0.717) is 6.04 Å². The highest BCUT2D eigenvalue weighted by molar-refractivity contribution is 7.10. The van der Waals surface area contributed by atoms with Crippen molar-refractivity contribution in [3.63, 3.8) is 0 Å². The van der Waals surface area contributed by atoms with Crippen LogP contribution in [0.5, 0.6) is 0 Å². The summed E-state index contributed by atoms with van der Waals surface area (Å²) < 4.78 is 0. The van der Waals surface area contributed by atoms with Crippen LogP contribution in [0.3, 0.4) is 0 Å². The molecule has 0 aliphatic heterocycles. The van der Waals surface area contributed by atoms with E-state index in [9.17, 15) is 4.79 Å². The van der Waals surface area contributed by atoms with Gasteiger partial charge in [-0.25, -0.2) is 0 Å².